The molecule has 1 saturated heterocycles. The Balaban J connectivity index is 1.82. The quantitative estimate of drug-likeness (QED) is 0.386. The SMILES string of the molecule is CCNC(=NCC(C)Oc1cccc(C)c1)N1CCC(COCCOC)C1. The number of nitrogens with zero attached hydrogens (tertiary/aromatic N) is 2. The normalized spacial score (nSPS) is 18.6. The van der Waals surface area contributed by atoms with Crippen molar-refractivity contribution in [2.45, 2.75) is 33.3 Å². The van der Waals surface area contributed by atoms with Gasteiger partial charge in [0.25, 0.3) is 0 Å². The lowest BCUT2D eigenvalue weighted by Gasteiger charge is -2.22. The minimum absolute atomic E-state index is 0.0243. The second kappa shape index (κ2) is 11.8. The summed E-state index contributed by atoms with van der Waals surface area (Å²) < 4.78 is 16.7. The van der Waals surface area contributed by atoms with Crippen LogP contribution in [0, 0.1) is 12.8 Å². The highest BCUT2D eigenvalue weighted by Crippen LogP contribution is 2.17. The molecule has 1 aromatic rings. The number of benzene rings is 1. The van der Waals surface area contributed by atoms with E-state index in [0.717, 1.165) is 44.4 Å². The van der Waals surface area contributed by atoms with Crippen molar-refractivity contribution in [3.8, 4) is 5.75 Å². The standard InChI is InChI=1S/C21H35N3O3/c1-5-22-21(24-10-9-19(15-24)16-26-12-11-25-4)23-14-18(3)27-20-8-6-7-17(2)13-20/h6-8,13,18-19H,5,9-12,14-16H2,1-4H3,(H,22,23). The number of likely N-dealkylation sites (tertiary alicyclic amines) is 1. The molecule has 1 N–H and O–H groups in total. The van der Waals surface area contributed by atoms with Crippen molar-refractivity contribution in [2.75, 3.05) is 53.1 Å². The predicted molar refractivity (Wildman–Crippen MR) is 110 cm³/mol. The molecule has 2 atom stereocenters. The zero-order valence-electron chi connectivity index (χ0n) is 17.2. The molecule has 6 heteroatoms. The van der Waals surface area contributed by atoms with Crippen LogP contribution >= 0.6 is 0 Å². The largest absolute Gasteiger partial charge is 0.489 e. The van der Waals surface area contributed by atoms with Crippen molar-refractivity contribution in [1.82, 2.24) is 10.2 Å². The van der Waals surface area contributed by atoms with E-state index in [1.165, 1.54) is 5.56 Å². The number of ether oxygens (including phenoxy) is 3. The van der Waals surface area contributed by atoms with E-state index in [-0.39, 0.29) is 6.10 Å². The molecular weight excluding hydrogens is 342 g/mol. The molecular formula is C21H35N3O3. The maximum atomic E-state index is 6.00. The van der Waals surface area contributed by atoms with Gasteiger partial charge in [-0.15, -0.1) is 0 Å². The molecule has 6 nitrogen and oxygen atoms in total. The number of aryl methyl sites for hydroxylation is 1. The van der Waals surface area contributed by atoms with Crippen molar-refractivity contribution in [2.24, 2.45) is 10.9 Å². The maximum Gasteiger partial charge on any atom is 0.194 e. The topological polar surface area (TPSA) is 55.3 Å². The summed E-state index contributed by atoms with van der Waals surface area (Å²) in [5, 5.41) is 3.41. The average Bonchev–Trinajstić information content (AvgIpc) is 3.11. The van der Waals surface area contributed by atoms with Crippen molar-refractivity contribution in [3.63, 3.8) is 0 Å². The molecule has 0 radical (unpaired) electrons. The summed E-state index contributed by atoms with van der Waals surface area (Å²) in [4.78, 5) is 7.13. The lowest BCUT2D eigenvalue weighted by Crippen LogP contribution is -2.41. The Morgan fingerprint density at radius 1 is 1.37 bits per heavy atom. The van der Waals surface area contributed by atoms with Gasteiger partial charge in [-0.1, -0.05) is 12.1 Å². The van der Waals surface area contributed by atoms with Gasteiger partial charge in [0, 0.05) is 32.7 Å². The molecule has 0 bridgehead atoms. The van der Waals surface area contributed by atoms with Crippen molar-refractivity contribution >= 4 is 5.96 Å². The van der Waals surface area contributed by atoms with E-state index in [4.69, 9.17) is 19.2 Å². The number of methoxy groups -OCH3 is 1. The fraction of sp³-hybridized carbons (Fsp3) is 0.667. The lowest BCUT2D eigenvalue weighted by atomic mass is 10.1. The van der Waals surface area contributed by atoms with Crippen LogP contribution in [0.4, 0.5) is 0 Å². The number of hydrogen-bond acceptors (Lipinski definition) is 4. The van der Waals surface area contributed by atoms with Gasteiger partial charge in [0.1, 0.15) is 11.9 Å². The van der Waals surface area contributed by atoms with Gasteiger partial charge in [0.05, 0.1) is 26.4 Å². The third-order valence-corrected chi connectivity index (χ3v) is 4.53. The summed E-state index contributed by atoms with van der Waals surface area (Å²) in [5.74, 6) is 2.42. The first kappa shape index (κ1) is 21.5. The molecule has 1 aliphatic rings. The summed E-state index contributed by atoms with van der Waals surface area (Å²) >= 11 is 0. The first-order valence-corrected chi connectivity index (χ1v) is 9.95. The number of rotatable bonds is 10. The number of guanidine groups is 1. The van der Waals surface area contributed by atoms with Crippen molar-refractivity contribution in [1.29, 1.82) is 0 Å². The smallest absolute Gasteiger partial charge is 0.194 e. The average molecular weight is 378 g/mol. The summed E-state index contributed by atoms with van der Waals surface area (Å²) in [7, 11) is 1.70. The molecule has 1 heterocycles. The fourth-order valence-corrected chi connectivity index (χ4v) is 3.15. The van der Waals surface area contributed by atoms with Gasteiger partial charge in [0.15, 0.2) is 5.96 Å². The minimum Gasteiger partial charge on any atom is -0.489 e. The number of aliphatic imine (C=N–C) groups is 1. The van der Waals surface area contributed by atoms with Gasteiger partial charge in [-0.2, -0.15) is 0 Å². The van der Waals surface area contributed by atoms with Crippen LogP contribution in [0.3, 0.4) is 0 Å². The molecule has 1 aromatic carbocycles. The zero-order valence-corrected chi connectivity index (χ0v) is 17.2. The monoisotopic (exact) mass is 377 g/mol. The number of hydrogen-bond donors (Lipinski definition) is 1. The Hall–Kier alpha value is -1.79. The second-order valence-electron chi connectivity index (χ2n) is 7.11. The first-order valence-electron chi connectivity index (χ1n) is 9.95. The van der Waals surface area contributed by atoms with Crippen LogP contribution in [0.1, 0.15) is 25.8 Å². The Morgan fingerprint density at radius 2 is 2.22 bits per heavy atom. The van der Waals surface area contributed by atoms with Crippen LogP contribution in [-0.2, 0) is 9.47 Å². The van der Waals surface area contributed by atoms with Gasteiger partial charge in [-0.3, -0.25) is 0 Å². The second-order valence-corrected chi connectivity index (χ2v) is 7.11. The van der Waals surface area contributed by atoms with E-state index >= 15 is 0 Å². The third kappa shape index (κ3) is 7.77. The van der Waals surface area contributed by atoms with E-state index in [1.807, 2.05) is 12.1 Å². The molecule has 0 aliphatic carbocycles. The zero-order chi connectivity index (χ0) is 19.5. The van der Waals surface area contributed by atoms with E-state index in [9.17, 15) is 0 Å². The van der Waals surface area contributed by atoms with Crippen molar-refractivity contribution < 1.29 is 14.2 Å². The van der Waals surface area contributed by atoms with E-state index in [1.54, 1.807) is 7.11 Å². The highest BCUT2D eigenvalue weighted by atomic mass is 16.5. The van der Waals surface area contributed by atoms with E-state index in [2.05, 4.69) is 43.1 Å². The molecule has 0 saturated carbocycles. The highest BCUT2D eigenvalue weighted by molar-refractivity contribution is 5.80. The highest BCUT2D eigenvalue weighted by Gasteiger charge is 2.25. The fourth-order valence-electron chi connectivity index (χ4n) is 3.15. The van der Waals surface area contributed by atoms with Gasteiger partial charge in [-0.05, 0) is 44.9 Å². The van der Waals surface area contributed by atoms with E-state index in [0.29, 0.717) is 25.7 Å². The van der Waals surface area contributed by atoms with Crippen molar-refractivity contribution in [3.05, 3.63) is 29.8 Å². The Bertz CT molecular complexity index is 580. The van der Waals surface area contributed by atoms with Gasteiger partial charge in [0.2, 0.25) is 0 Å². The first-order chi connectivity index (χ1) is 13.1. The van der Waals surface area contributed by atoms with Crippen LogP contribution in [0.2, 0.25) is 0 Å². The molecule has 152 valence electrons. The molecule has 2 unspecified atom stereocenters. The summed E-state index contributed by atoms with van der Waals surface area (Å²) in [6.45, 7) is 11.8. The number of nitrogens with one attached hydrogen (secondary N) is 1. The molecule has 0 amide bonds. The summed E-state index contributed by atoms with van der Waals surface area (Å²) in [6, 6.07) is 8.14. The Kier molecular flexibility index (Phi) is 9.42. The lowest BCUT2D eigenvalue weighted by molar-refractivity contribution is 0.0536. The predicted octanol–water partition coefficient (Wildman–Crippen LogP) is 2.71. The summed E-state index contributed by atoms with van der Waals surface area (Å²) in [6.07, 6.45) is 1.16. The Morgan fingerprint density at radius 3 is 2.96 bits per heavy atom. The molecule has 0 aromatic heterocycles. The Labute approximate surface area is 163 Å². The molecule has 27 heavy (non-hydrogen) atoms. The molecule has 2 rings (SSSR count). The molecule has 0 spiro atoms. The van der Waals surface area contributed by atoms with Crippen LogP contribution in [0.25, 0.3) is 0 Å². The van der Waals surface area contributed by atoms with Gasteiger partial charge in [-0.25, -0.2) is 4.99 Å². The third-order valence-electron chi connectivity index (χ3n) is 4.53. The van der Waals surface area contributed by atoms with Crippen LogP contribution in [0.15, 0.2) is 29.3 Å². The van der Waals surface area contributed by atoms with Crippen LogP contribution in [0.5, 0.6) is 5.75 Å². The van der Waals surface area contributed by atoms with Gasteiger partial charge < -0.3 is 24.4 Å². The summed E-state index contributed by atoms with van der Waals surface area (Å²) in [5.41, 5.74) is 1.20. The van der Waals surface area contributed by atoms with Crippen LogP contribution in [-0.4, -0.2) is 70.1 Å². The minimum atomic E-state index is 0.0243. The van der Waals surface area contributed by atoms with Crippen LogP contribution < -0.4 is 10.1 Å². The van der Waals surface area contributed by atoms with Gasteiger partial charge >= 0.3 is 0 Å². The van der Waals surface area contributed by atoms with E-state index < -0.39 is 0 Å². The molecule has 1 aliphatic heterocycles. The molecule has 1 fully saturated rings. The maximum absolute atomic E-state index is 6.00.